The number of carbonyl (C=O) groups excluding carboxylic acids is 1. The van der Waals surface area contributed by atoms with E-state index in [0.717, 1.165) is 0 Å². The zero-order valence-corrected chi connectivity index (χ0v) is 10.4. The number of nitrogens with one attached hydrogen (secondary N) is 1. The third-order valence-corrected chi connectivity index (χ3v) is 2.64. The van der Waals surface area contributed by atoms with E-state index >= 15 is 0 Å². The fourth-order valence-corrected chi connectivity index (χ4v) is 1.80. The van der Waals surface area contributed by atoms with Gasteiger partial charge in [-0.05, 0) is 20.8 Å². The van der Waals surface area contributed by atoms with E-state index in [2.05, 4.69) is 11.3 Å². The Kier molecular flexibility index (Phi) is 5.08. The van der Waals surface area contributed by atoms with Crippen LogP contribution in [0.3, 0.4) is 0 Å². The van der Waals surface area contributed by atoms with E-state index in [1.165, 1.54) is 20.8 Å². The van der Waals surface area contributed by atoms with Gasteiger partial charge in [0.1, 0.15) is 6.61 Å². The second-order valence-corrected chi connectivity index (χ2v) is 5.72. The highest BCUT2D eigenvalue weighted by atomic mass is 32.2. The van der Waals surface area contributed by atoms with Crippen LogP contribution in [-0.4, -0.2) is 32.5 Å². The molecule has 0 amide bonds. The molecule has 0 aliphatic carbocycles. The highest BCUT2D eigenvalue weighted by Crippen LogP contribution is 2.07. The minimum atomic E-state index is -3.98. The Hall–Kier alpha value is -0.950. The third kappa shape index (κ3) is 5.82. The molecule has 0 bridgehead atoms. The van der Waals surface area contributed by atoms with Gasteiger partial charge in [-0.25, -0.2) is 22.3 Å². The summed E-state index contributed by atoms with van der Waals surface area (Å²) in [6, 6.07) is -1.51. The molecule has 0 aromatic carbocycles. The number of esters is 1. The van der Waals surface area contributed by atoms with Crippen molar-refractivity contribution < 1.29 is 22.3 Å². The molecule has 5 nitrogen and oxygen atoms in total. The Balaban J connectivity index is 4.37. The van der Waals surface area contributed by atoms with Crippen LogP contribution in [0.1, 0.15) is 20.8 Å². The first-order valence-electron chi connectivity index (χ1n) is 4.50. The molecule has 0 aromatic rings. The van der Waals surface area contributed by atoms with Gasteiger partial charge in [-0.3, -0.25) is 0 Å². The number of rotatable bonds is 6. The van der Waals surface area contributed by atoms with E-state index in [1.807, 2.05) is 0 Å². The molecular formula is C9H16FNO4S. The SMILES string of the molecule is C=C(C)C(=O)OCC(C)(C)NS(=O)(=O)CF. The quantitative estimate of drug-likeness (QED) is 0.559. The molecule has 0 spiro atoms. The number of halogens is 1. The van der Waals surface area contributed by atoms with E-state index in [-0.39, 0.29) is 12.2 Å². The highest BCUT2D eigenvalue weighted by Gasteiger charge is 2.26. The van der Waals surface area contributed by atoms with Gasteiger partial charge in [0.2, 0.25) is 16.0 Å². The lowest BCUT2D eigenvalue weighted by atomic mass is 10.1. The summed E-state index contributed by atoms with van der Waals surface area (Å²) in [5.41, 5.74) is -0.847. The van der Waals surface area contributed by atoms with Crippen molar-refractivity contribution in [2.24, 2.45) is 0 Å². The molecule has 0 fully saturated rings. The van der Waals surface area contributed by atoms with Crippen molar-refractivity contribution in [3.05, 3.63) is 12.2 Å². The molecule has 0 atom stereocenters. The normalized spacial score (nSPS) is 12.2. The average molecular weight is 253 g/mol. The second-order valence-electron chi connectivity index (χ2n) is 4.07. The molecule has 16 heavy (non-hydrogen) atoms. The Labute approximate surface area is 94.7 Å². The first kappa shape index (κ1) is 15.0. The smallest absolute Gasteiger partial charge is 0.333 e. The Morgan fingerprint density at radius 2 is 2.00 bits per heavy atom. The van der Waals surface area contributed by atoms with Crippen molar-refractivity contribution in [1.29, 1.82) is 0 Å². The van der Waals surface area contributed by atoms with Gasteiger partial charge in [-0.15, -0.1) is 0 Å². The number of hydrogen-bond acceptors (Lipinski definition) is 4. The van der Waals surface area contributed by atoms with E-state index in [0.29, 0.717) is 0 Å². The largest absolute Gasteiger partial charge is 0.460 e. The minimum Gasteiger partial charge on any atom is -0.460 e. The zero-order valence-electron chi connectivity index (χ0n) is 9.54. The standard InChI is InChI=1S/C9H16FNO4S/c1-7(2)8(12)15-5-9(3,4)11-16(13,14)6-10/h11H,1,5-6H2,2-4H3. The maximum atomic E-state index is 12.1. The molecule has 0 radical (unpaired) electrons. The molecule has 0 heterocycles. The van der Waals surface area contributed by atoms with Gasteiger partial charge in [0.25, 0.3) is 0 Å². The van der Waals surface area contributed by atoms with Gasteiger partial charge in [0.15, 0.2) is 0 Å². The van der Waals surface area contributed by atoms with Gasteiger partial charge in [0, 0.05) is 5.57 Å². The van der Waals surface area contributed by atoms with Crippen LogP contribution in [0.5, 0.6) is 0 Å². The monoisotopic (exact) mass is 253 g/mol. The summed E-state index contributed by atoms with van der Waals surface area (Å²) >= 11 is 0. The van der Waals surface area contributed by atoms with Gasteiger partial charge < -0.3 is 4.74 Å². The summed E-state index contributed by atoms with van der Waals surface area (Å²) in [6.45, 7) is 7.61. The van der Waals surface area contributed by atoms with Crippen molar-refractivity contribution >= 4 is 16.0 Å². The molecule has 94 valence electrons. The first-order valence-corrected chi connectivity index (χ1v) is 6.15. The van der Waals surface area contributed by atoms with E-state index in [9.17, 15) is 17.6 Å². The van der Waals surface area contributed by atoms with E-state index in [4.69, 9.17) is 4.74 Å². The van der Waals surface area contributed by atoms with Gasteiger partial charge in [-0.2, -0.15) is 0 Å². The molecule has 0 rings (SSSR count). The van der Waals surface area contributed by atoms with Crippen molar-refractivity contribution in [2.75, 3.05) is 12.6 Å². The lowest BCUT2D eigenvalue weighted by Gasteiger charge is -2.24. The van der Waals surface area contributed by atoms with E-state index in [1.54, 1.807) is 0 Å². The lowest BCUT2D eigenvalue weighted by molar-refractivity contribution is -0.140. The maximum Gasteiger partial charge on any atom is 0.333 e. The van der Waals surface area contributed by atoms with Crippen LogP contribution in [0.25, 0.3) is 0 Å². The number of alkyl halides is 1. The van der Waals surface area contributed by atoms with Crippen molar-refractivity contribution in [1.82, 2.24) is 4.72 Å². The third-order valence-electron chi connectivity index (χ3n) is 1.49. The topological polar surface area (TPSA) is 72.5 Å². The van der Waals surface area contributed by atoms with Crippen LogP contribution in [-0.2, 0) is 19.6 Å². The summed E-state index contributed by atoms with van der Waals surface area (Å²) < 4.78 is 40.8. The van der Waals surface area contributed by atoms with Gasteiger partial charge in [0.05, 0.1) is 5.54 Å². The van der Waals surface area contributed by atoms with Crippen LogP contribution in [0.2, 0.25) is 0 Å². The number of hydrogen-bond donors (Lipinski definition) is 1. The lowest BCUT2D eigenvalue weighted by Crippen LogP contribution is -2.47. The molecule has 0 aliphatic heterocycles. The molecule has 0 unspecified atom stereocenters. The summed E-state index contributed by atoms with van der Waals surface area (Å²) in [5, 5.41) is 0. The summed E-state index contributed by atoms with van der Waals surface area (Å²) in [6.07, 6.45) is 0. The van der Waals surface area contributed by atoms with Crippen LogP contribution in [0, 0.1) is 0 Å². The Morgan fingerprint density at radius 3 is 2.38 bits per heavy atom. The number of sulfonamides is 1. The van der Waals surface area contributed by atoms with Crippen molar-refractivity contribution in [3.8, 4) is 0 Å². The van der Waals surface area contributed by atoms with Gasteiger partial charge >= 0.3 is 5.97 Å². The molecule has 0 aromatic heterocycles. The average Bonchev–Trinajstić information content (AvgIpc) is 2.12. The predicted octanol–water partition coefficient (Wildman–Crippen LogP) is 0.731. The molecule has 7 heteroatoms. The molecule has 1 N–H and O–H groups in total. The van der Waals surface area contributed by atoms with Crippen LogP contribution < -0.4 is 4.72 Å². The summed E-state index contributed by atoms with van der Waals surface area (Å²) in [5.74, 6) is -0.618. The second kappa shape index (κ2) is 5.40. The Bertz CT molecular complexity index is 375. The molecule has 0 saturated heterocycles. The van der Waals surface area contributed by atoms with Crippen molar-refractivity contribution in [2.45, 2.75) is 26.3 Å². The fourth-order valence-electron chi connectivity index (χ4n) is 0.847. The minimum absolute atomic E-state index is 0.197. The van der Waals surface area contributed by atoms with Crippen LogP contribution in [0.15, 0.2) is 12.2 Å². The first-order chi connectivity index (χ1) is 7.09. The fraction of sp³-hybridized carbons (Fsp3) is 0.667. The molecular weight excluding hydrogens is 237 g/mol. The maximum absolute atomic E-state index is 12.1. The van der Waals surface area contributed by atoms with Crippen LogP contribution in [0.4, 0.5) is 4.39 Å². The van der Waals surface area contributed by atoms with Gasteiger partial charge in [-0.1, -0.05) is 6.58 Å². The summed E-state index contributed by atoms with van der Waals surface area (Å²) in [4.78, 5) is 11.1. The zero-order chi connectivity index (χ0) is 13.0. The predicted molar refractivity (Wildman–Crippen MR) is 57.9 cm³/mol. The van der Waals surface area contributed by atoms with Crippen molar-refractivity contribution in [3.63, 3.8) is 0 Å². The van der Waals surface area contributed by atoms with Crippen LogP contribution >= 0.6 is 0 Å². The molecule has 0 saturated carbocycles. The highest BCUT2D eigenvalue weighted by molar-refractivity contribution is 7.89. The molecule has 0 aliphatic rings. The number of carbonyl (C=O) groups is 1. The number of ether oxygens (including phenoxy) is 1. The Morgan fingerprint density at radius 1 is 1.50 bits per heavy atom. The summed E-state index contributed by atoms with van der Waals surface area (Å²) in [7, 11) is -3.98. The van der Waals surface area contributed by atoms with E-state index < -0.39 is 27.5 Å².